The molecule has 4 rings (SSSR count). The van der Waals surface area contributed by atoms with Crippen molar-refractivity contribution in [3.8, 4) is 0 Å². The fourth-order valence-electron chi connectivity index (χ4n) is 3.17. The van der Waals surface area contributed by atoms with E-state index in [2.05, 4.69) is 25.2 Å². The largest absolute Gasteiger partial charge is 0.363 e. The molecule has 0 fully saturated rings. The molecule has 138 valence electrons. The van der Waals surface area contributed by atoms with Gasteiger partial charge >= 0.3 is 0 Å². The van der Waals surface area contributed by atoms with Crippen LogP contribution in [0.25, 0.3) is 21.8 Å². The number of anilines is 1. The molecule has 2 N–H and O–H groups in total. The van der Waals surface area contributed by atoms with Gasteiger partial charge in [-0.2, -0.15) is 5.10 Å². The first-order valence-electron chi connectivity index (χ1n) is 8.41. The van der Waals surface area contributed by atoms with Gasteiger partial charge in [-0.25, -0.2) is 0 Å². The Bertz CT molecular complexity index is 1190. The highest BCUT2D eigenvalue weighted by Crippen LogP contribution is 2.26. The number of carbonyl (C=O) groups is 1. The number of H-pyrrole nitrogens is 1. The average molecular weight is 386 g/mol. The van der Waals surface area contributed by atoms with Crippen LogP contribution < -0.4 is 10.9 Å². The summed E-state index contributed by atoms with van der Waals surface area (Å²) in [6, 6.07) is 6.91. The quantitative estimate of drug-likeness (QED) is 0.548. The number of aromatic amines is 1. The lowest BCUT2D eigenvalue weighted by Gasteiger charge is -2.11. The summed E-state index contributed by atoms with van der Waals surface area (Å²) in [5.41, 5.74) is 1.91. The van der Waals surface area contributed by atoms with Gasteiger partial charge in [-0.3, -0.25) is 14.7 Å². The number of pyridine rings is 1. The minimum Gasteiger partial charge on any atom is -0.363 e. The molecule has 0 aliphatic rings. The lowest BCUT2D eigenvalue weighted by atomic mass is 10.1. The van der Waals surface area contributed by atoms with Crippen LogP contribution in [0.4, 0.5) is 5.82 Å². The van der Waals surface area contributed by atoms with Gasteiger partial charge in [0.25, 0.3) is 5.56 Å². The molecule has 0 saturated heterocycles. The first-order chi connectivity index (χ1) is 13.0. The molecule has 3 heterocycles. The zero-order valence-corrected chi connectivity index (χ0v) is 15.2. The van der Waals surface area contributed by atoms with Crippen molar-refractivity contribution >= 4 is 45.1 Å². The third-order valence-corrected chi connectivity index (χ3v) is 4.64. The Kier molecular flexibility index (Phi) is 4.41. The SMILES string of the molecule is Cc1[nH]nc2c1c(=O)n(CCCC(=O)Nc1ccon1)c1ccc(Cl)cc21. The Balaban J connectivity index is 1.64. The van der Waals surface area contributed by atoms with E-state index in [4.69, 9.17) is 11.6 Å². The number of benzene rings is 1. The van der Waals surface area contributed by atoms with Crippen LogP contribution in [-0.4, -0.2) is 25.8 Å². The van der Waals surface area contributed by atoms with Crippen molar-refractivity contribution < 1.29 is 9.32 Å². The van der Waals surface area contributed by atoms with E-state index in [-0.39, 0.29) is 17.9 Å². The molecule has 0 radical (unpaired) electrons. The van der Waals surface area contributed by atoms with Crippen molar-refractivity contribution in [2.24, 2.45) is 0 Å². The van der Waals surface area contributed by atoms with E-state index in [9.17, 15) is 9.59 Å². The van der Waals surface area contributed by atoms with Gasteiger partial charge in [-0.1, -0.05) is 16.8 Å². The molecule has 27 heavy (non-hydrogen) atoms. The second kappa shape index (κ2) is 6.88. The minimum atomic E-state index is -0.190. The Labute approximate surface area is 158 Å². The average Bonchev–Trinajstić information content (AvgIpc) is 3.28. The zero-order chi connectivity index (χ0) is 19.0. The summed E-state index contributed by atoms with van der Waals surface area (Å²) >= 11 is 6.14. The molecule has 0 unspecified atom stereocenters. The molecule has 4 aromatic rings. The number of nitrogens with zero attached hydrogens (tertiary/aromatic N) is 3. The van der Waals surface area contributed by atoms with Crippen LogP contribution in [0.1, 0.15) is 18.5 Å². The maximum atomic E-state index is 13.0. The highest BCUT2D eigenvalue weighted by Gasteiger charge is 2.16. The standard InChI is InChI=1S/C18H16ClN5O3/c1-10-16-17(22-21-10)12-9-11(19)4-5-13(12)24(18(16)26)7-2-3-15(25)20-14-6-8-27-23-14/h4-6,8-9H,2-3,7H2,1H3,(H,21,22)(H,20,23,25). The van der Waals surface area contributed by atoms with Crippen molar-refractivity contribution in [2.75, 3.05) is 5.32 Å². The van der Waals surface area contributed by atoms with Crippen LogP contribution in [-0.2, 0) is 11.3 Å². The number of fused-ring (bicyclic) bond motifs is 3. The monoisotopic (exact) mass is 385 g/mol. The Morgan fingerprint density at radius 3 is 3.00 bits per heavy atom. The van der Waals surface area contributed by atoms with Crippen LogP contribution in [0, 0.1) is 6.92 Å². The molecule has 0 bridgehead atoms. The van der Waals surface area contributed by atoms with Crippen molar-refractivity contribution in [3.63, 3.8) is 0 Å². The predicted molar refractivity (Wildman–Crippen MR) is 102 cm³/mol. The highest BCUT2D eigenvalue weighted by atomic mass is 35.5. The van der Waals surface area contributed by atoms with Gasteiger partial charge < -0.3 is 14.4 Å². The molecule has 0 spiro atoms. The minimum absolute atomic E-state index is 0.136. The van der Waals surface area contributed by atoms with Crippen molar-refractivity contribution in [1.82, 2.24) is 19.9 Å². The molecule has 1 aromatic carbocycles. The lowest BCUT2D eigenvalue weighted by molar-refractivity contribution is -0.116. The lowest BCUT2D eigenvalue weighted by Crippen LogP contribution is -2.22. The van der Waals surface area contributed by atoms with E-state index < -0.39 is 0 Å². The van der Waals surface area contributed by atoms with E-state index in [1.54, 1.807) is 28.8 Å². The van der Waals surface area contributed by atoms with Gasteiger partial charge in [0.1, 0.15) is 11.8 Å². The van der Waals surface area contributed by atoms with Crippen molar-refractivity contribution in [2.45, 2.75) is 26.3 Å². The Hall–Kier alpha value is -3.13. The van der Waals surface area contributed by atoms with Crippen LogP contribution in [0.5, 0.6) is 0 Å². The second-order valence-corrected chi connectivity index (χ2v) is 6.66. The van der Waals surface area contributed by atoms with Gasteiger partial charge in [-0.05, 0) is 31.5 Å². The number of rotatable bonds is 5. The number of hydrogen-bond acceptors (Lipinski definition) is 5. The smallest absolute Gasteiger partial charge is 0.262 e. The summed E-state index contributed by atoms with van der Waals surface area (Å²) < 4.78 is 6.34. The summed E-state index contributed by atoms with van der Waals surface area (Å²) in [5, 5.41) is 15.3. The Morgan fingerprint density at radius 2 is 2.22 bits per heavy atom. The summed E-state index contributed by atoms with van der Waals surface area (Å²) in [7, 11) is 0. The van der Waals surface area contributed by atoms with Crippen LogP contribution >= 0.6 is 11.6 Å². The Morgan fingerprint density at radius 1 is 1.37 bits per heavy atom. The number of nitrogens with one attached hydrogen (secondary N) is 2. The van der Waals surface area contributed by atoms with Crippen LogP contribution in [0.15, 0.2) is 39.8 Å². The number of aromatic nitrogens is 4. The first kappa shape index (κ1) is 17.3. The molecule has 0 atom stereocenters. The molecule has 0 aliphatic heterocycles. The van der Waals surface area contributed by atoms with Gasteiger partial charge in [0, 0.05) is 35.1 Å². The topological polar surface area (TPSA) is 106 Å². The fraction of sp³-hybridized carbons (Fsp3) is 0.222. The maximum Gasteiger partial charge on any atom is 0.262 e. The van der Waals surface area contributed by atoms with Crippen molar-refractivity contribution in [1.29, 1.82) is 0 Å². The number of amides is 1. The van der Waals surface area contributed by atoms with Gasteiger partial charge in [-0.15, -0.1) is 0 Å². The molecular formula is C18H16ClN5O3. The normalized spacial score (nSPS) is 11.3. The molecule has 1 amide bonds. The van der Waals surface area contributed by atoms with E-state index in [0.29, 0.717) is 40.4 Å². The van der Waals surface area contributed by atoms with Crippen molar-refractivity contribution in [3.05, 3.63) is 51.6 Å². The van der Waals surface area contributed by atoms with Gasteiger partial charge in [0.2, 0.25) is 5.91 Å². The summed E-state index contributed by atoms with van der Waals surface area (Å²) in [6.45, 7) is 2.20. The molecule has 9 heteroatoms. The summed E-state index contributed by atoms with van der Waals surface area (Å²) in [6.07, 6.45) is 2.12. The molecule has 0 saturated carbocycles. The molecule has 8 nitrogen and oxygen atoms in total. The molecule has 3 aromatic heterocycles. The second-order valence-electron chi connectivity index (χ2n) is 6.23. The first-order valence-corrected chi connectivity index (χ1v) is 8.79. The predicted octanol–water partition coefficient (Wildman–Crippen LogP) is 3.25. The van der Waals surface area contributed by atoms with Crippen LogP contribution in [0.2, 0.25) is 5.02 Å². The number of halogens is 1. The maximum absolute atomic E-state index is 13.0. The van der Waals surface area contributed by atoms with E-state index in [1.807, 2.05) is 6.92 Å². The van der Waals surface area contributed by atoms with Gasteiger partial charge in [0.15, 0.2) is 5.82 Å². The van der Waals surface area contributed by atoms with E-state index in [1.165, 1.54) is 6.26 Å². The number of carbonyl (C=O) groups excluding carboxylic acids is 1. The zero-order valence-electron chi connectivity index (χ0n) is 14.5. The third-order valence-electron chi connectivity index (χ3n) is 4.40. The van der Waals surface area contributed by atoms with E-state index in [0.717, 1.165) is 10.9 Å². The molecular weight excluding hydrogens is 370 g/mol. The fourth-order valence-corrected chi connectivity index (χ4v) is 3.34. The number of hydrogen-bond donors (Lipinski definition) is 2. The van der Waals surface area contributed by atoms with Gasteiger partial charge in [0.05, 0.1) is 10.9 Å². The summed E-state index contributed by atoms with van der Waals surface area (Å²) in [5.74, 6) is 0.178. The highest BCUT2D eigenvalue weighted by molar-refractivity contribution is 6.31. The summed E-state index contributed by atoms with van der Waals surface area (Å²) in [4.78, 5) is 25.0. The van der Waals surface area contributed by atoms with E-state index >= 15 is 0 Å². The van der Waals surface area contributed by atoms with Crippen LogP contribution in [0.3, 0.4) is 0 Å². The number of aryl methyl sites for hydroxylation is 2. The molecule has 0 aliphatic carbocycles. The third kappa shape index (κ3) is 3.19.